The average Bonchev–Trinajstić information content (AvgIpc) is 2.63. The largest absolute Gasteiger partial charge is 0.377 e. The topological polar surface area (TPSA) is 31.4 Å². The van der Waals surface area contributed by atoms with E-state index in [9.17, 15) is 0 Å². The molecule has 1 N–H and O–H groups in total. The Kier molecular flexibility index (Phi) is 5.13. The van der Waals surface area contributed by atoms with Gasteiger partial charge in [-0.15, -0.1) is 0 Å². The van der Waals surface area contributed by atoms with Gasteiger partial charge in [0.25, 0.3) is 0 Å². The summed E-state index contributed by atoms with van der Waals surface area (Å²) in [4.78, 5) is 9.40. The van der Waals surface area contributed by atoms with E-state index in [4.69, 9.17) is 0 Å². The molecule has 2 heterocycles. The minimum absolute atomic E-state index is 0.198. The number of nitrogens with one attached hydrogen (secondary N) is 1. The minimum atomic E-state index is 0.198. The molecule has 0 aliphatic carbocycles. The molecule has 3 rings (SSSR count). The molecule has 4 nitrogen and oxygen atoms in total. The number of aromatic nitrogens is 1. The molecule has 1 aliphatic rings. The lowest BCUT2D eigenvalue weighted by Crippen LogP contribution is -2.46. The summed E-state index contributed by atoms with van der Waals surface area (Å²) in [5.41, 5.74) is 3.52. The molecule has 0 unspecified atom stereocenters. The second kappa shape index (κ2) is 7.47. The van der Waals surface area contributed by atoms with Crippen molar-refractivity contribution in [3.8, 4) is 0 Å². The van der Waals surface area contributed by atoms with Crippen LogP contribution in [0.3, 0.4) is 0 Å². The van der Waals surface area contributed by atoms with E-state index in [-0.39, 0.29) is 6.04 Å². The molecule has 0 spiro atoms. The van der Waals surface area contributed by atoms with Gasteiger partial charge in [0.15, 0.2) is 0 Å². The van der Waals surface area contributed by atoms with Crippen LogP contribution >= 0.6 is 0 Å². The third kappa shape index (κ3) is 4.02. The average molecular weight is 310 g/mol. The first-order valence-corrected chi connectivity index (χ1v) is 8.51. The molecule has 1 atom stereocenters. The van der Waals surface area contributed by atoms with E-state index >= 15 is 0 Å². The van der Waals surface area contributed by atoms with E-state index in [0.29, 0.717) is 0 Å². The molecule has 122 valence electrons. The van der Waals surface area contributed by atoms with Gasteiger partial charge in [0.05, 0.1) is 11.7 Å². The van der Waals surface area contributed by atoms with Gasteiger partial charge in [-0.2, -0.15) is 0 Å². The predicted molar refractivity (Wildman–Crippen MR) is 97.0 cm³/mol. The second-order valence-corrected chi connectivity index (χ2v) is 6.09. The van der Waals surface area contributed by atoms with Crippen LogP contribution in [0.25, 0.3) is 0 Å². The number of hydrogen-bond donors (Lipinski definition) is 1. The van der Waals surface area contributed by atoms with E-state index < -0.39 is 0 Å². The lowest BCUT2D eigenvalue weighted by atomic mass is 10.2. The Balaban J connectivity index is 1.66. The van der Waals surface area contributed by atoms with Crippen molar-refractivity contribution in [1.82, 2.24) is 9.88 Å². The summed E-state index contributed by atoms with van der Waals surface area (Å²) >= 11 is 0. The number of anilines is 2. The van der Waals surface area contributed by atoms with Gasteiger partial charge >= 0.3 is 0 Å². The highest BCUT2D eigenvalue weighted by molar-refractivity contribution is 5.59. The van der Waals surface area contributed by atoms with E-state index in [1.807, 2.05) is 18.3 Å². The van der Waals surface area contributed by atoms with E-state index in [0.717, 1.165) is 44.1 Å². The maximum absolute atomic E-state index is 4.43. The van der Waals surface area contributed by atoms with Crippen molar-refractivity contribution in [3.05, 3.63) is 54.4 Å². The molecule has 1 aliphatic heterocycles. The molecule has 2 aromatic rings. The van der Waals surface area contributed by atoms with Crippen LogP contribution in [0.1, 0.15) is 25.6 Å². The SMILES string of the molecule is CCN1CCN(c2cccc(N[C@H](C)c3ccccn3)c2)CC1. The van der Waals surface area contributed by atoms with Gasteiger partial charge in [-0.25, -0.2) is 0 Å². The highest BCUT2D eigenvalue weighted by Gasteiger charge is 2.16. The van der Waals surface area contributed by atoms with Gasteiger partial charge in [-0.1, -0.05) is 19.1 Å². The molecule has 0 bridgehead atoms. The third-order valence-corrected chi connectivity index (χ3v) is 4.55. The van der Waals surface area contributed by atoms with Crippen LogP contribution in [0.4, 0.5) is 11.4 Å². The number of likely N-dealkylation sites (N-methyl/N-ethyl adjacent to an activating group) is 1. The zero-order valence-corrected chi connectivity index (χ0v) is 14.1. The van der Waals surface area contributed by atoms with Crippen molar-refractivity contribution < 1.29 is 0 Å². The van der Waals surface area contributed by atoms with Crippen LogP contribution in [-0.4, -0.2) is 42.6 Å². The number of benzene rings is 1. The van der Waals surface area contributed by atoms with Gasteiger partial charge in [-0.05, 0) is 43.8 Å². The van der Waals surface area contributed by atoms with Crippen LogP contribution in [0, 0.1) is 0 Å². The van der Waals surface area contributed by atoms with Gasteiger partial charge < -0.3 is 15.1 Å². The van der Waals surface area contributed by atoms with Crippen molar-refractivity contribution in [2.45, 2.75) is 19.9 Å². The Labute approximate surface area is 139 Å². The van der Waals surface area contributed by atoms with E-state index in [1.54, 1.807) is 0 Å². The summed E-state index contributed by atoms with van der Waals surface area (Å²) in [6.45, 7) is 10.0. The van der Waals surface area contributed by atoms with Gasteiger partial charge in [0, 0.05) is 43.8 Å². The highest BCUT2D eigenvalue weighted by Crippen LogP contribution is 2.24. The summed E-state index contributed by atoms with van der Waals surface area (Å²) in [5, 5.41) is 3.56. The molecule has 0 saturated carbocycles. The minimum Gasteiger partial charge on any atom is -0.377 e. The van der Waals surface area contributed by atoms with E-state index in [1.165, 1.54) is 5.69 Å². The zero-order valence-electron chi connectivity index (χ0n) is 14.1. The monoisotopic (exact) mass is 310 g/mol. The van der Waals surface area contributed by atoms with Crippen molar-refractivity contribution in [2.24, 2.45) is 0 Å². The Morgan fingerprint density at radius 2 is 1.91 bits per heavy atom. The lowest BCUT2D eigenvalue weighted by Gasteiger charge is -2.35. The van der Waals surface area contributed by atoms with Crippen molar-refractivity contribution in [1.29, 1.82) is 0 Å². The molecule has 1 saturated heterocycles. The summed E-state index contributed by atoms with van der Waals surface area (Å²) < 4.78 is 0. The maximum atomic E-state index is 4.43. The first-order valence-electron chi connectivity index (χ1n) is 8.51. The standard InChI is InChI=1S/C19H26N4/c1-3-22-11-13-23(14-12-22)18-8-6-7-17(15-18)21-16(2)19-9-4-5-10-20-19/h4-10,15-16,21H,3,11-14H2,1-2H3/t16-/m1/s1. The Bertz CT molecular complexity index is 606. The van der Waals surface area contributed by atoms with Crippen LogP contribution in [0.15, 0.2) is 48.7 Å². The third-order valence-electron chi connectivity index (χ3n) is 4.55. The van der Waals surface area contributed by atoms with E-state index in [2.05, 4.69) is 64.3 Å². The Hall–Kier alpha value is -2.07. The molecular weight excluding hydrogens is 284 g/mol. The molecular formula is C19H26N4. The summed E-state index contributed by atoms with van der Waals surface area (Å²) in [6.07, 6.45) is 1.84. The van der Waals surface area contributed by atoms with Crippen molar-refractivity contribution >= 4 is 11.4 Å². The van der Waals surface area contributed by atoms with Gasteiger partial charge in [0.1, 0.15) is 0 Å². The van der Waals surface area contributed by atoms with Crippen LogP contribution < -0.4 is 10.2 Å². The molecule has 23 heavy (non-hydrogen) atoms. The van der Waals surface area contributed by atoms with Gasteiger partial charge in [0.2, 0.25) is 0 Å². The second-order valence-electron chi connectivity index (χ2n) is 6.09. The zero-order chi connectivity index (χ0) is 16.1. The smallest absolute Gasteiger partial charge is 0.0657 e. The van der Waals surface area contributed by atoms with Crippen molar-refractivity contribution in [2.75, 3.05) is 42.9 Å². The number of pyridine rings is 1. The molecule has 1 aromatic carbocycles. The fourth-order valence-electron chi connectivity index (χ4n) is 3.07. The summed E-state index contributed by atoms with van der Waals surface area (Å²) in [5.74, 6) is 0. The van der Waals surface area contributed by atoms with Crippen LogP contribution in [0.5, 0.6) is 0 Å². The Morgan fingerprint density at radius 3 is 2.61 bits per heavy atom. The fourth-order valence-corrected chi connectivity index (χ4v) is 3.07. The summed E-state index contributed by atoms with van der Waals surface area (Å²) in [6, 6.07) is 15.0. The van der Waals surface area contributed by atoms with Crippen LogP contribution in [0.2, 0.25) is 0 Å². The molecule has 4 heteroatoms. The highest BCUT2D eigenvalue weighted by atomic mass is 15.3. The molecule has 0 radical (unpaired) electrons. The molecule has 0 amide bonds. The molecule has 1 aromatic heterocycles. The fraction of sp³-hybridized carbons (Fsp3) is 0.421. The summed E-state index contributed by atoms with van der Waals surface area (Å²) in [7, 11) is 0. The van der Waals surface area contributed by atoms with Gasteiger partial charge in [-0.3, -0.25) is 4.98 Å². The first kappa shape index (κ1) is 15.8. The number of rotatable bonds is 5. The molecule has 1 fully saturated rings. The van der Waals surface area contributed by atoms with Crippen molar-refractivity contribution in [3.63, 3.8) is 0 Å². The lowest BCUT2D eigenvalue weighted by molar-refractivity contribution is 0.271. The number of hydrogen-bond acceptors (Lipinski definition) is 4. The van der Waals surface area contributed by atoms with Crippen LogP contribution in [-0.2, 0) is 0 Å². The normalized spacial score (nSPS) is 17.0. The Morgan fingerprint density at radius 1 is 1.09 bits per heavy atom. The quantitative estimate of drug-likeness (QED) is 0.917. The first-order chi connectivity index (χ1) is 11.3. The predicted octanol–water partition coefficient (Wildman–Crippen LogP) is 3.40. The maximum Gasteiger partial charge on any atom is 0.0657 e. The number of piperazine rings is 1. The number of nitrogens with zero attached hydrogens (tertiary/aromatic N) is 3.